The number of hydrogen-bond acceptors (Lipinski definition) is 1. The van der Waals surface area contributed by atoms with Crippen molar-refractivity contribution in [1.29, 1.82) is 0 Å². The number of hydrogen-bond donors (Lipinski definition) is 1. The molecule has 0 amide bonds. The van der Waals surface area contributed by atoms with Crippen molar-refractivity contribution in [3.8, 4) is 0 Å². The second kappa shape index (κ2) is 2.25. The van der Waals surface area contributed by atoms with Crippen LogP contribution in [0.25, 0.3) is 0 Å². The Morgan fingerprint density at radius 3 is 2.50 bits per heavy atom. The fraction of sp³-hybridized carbons (Fsp3) is 1.00. The molecule has 0 aromatic carbocycles. The van der Waals surface area contributed by atoms with Crippen LogP contribution in [0.5, 0.6) is 0 Å². The Morgan fingerprint density at radius 2 is 1.67 bits per heavy atom. The van der Waals surface area contributed by atoms with Crippen molar-refractivity contribution in [2.24, 2.45) is 17.8 Å². The molecule has 0 unspecified atom stereocenters. The highest BCUT2D eigenvalue weighted by atomic mass is 16.3. The van der Waals surface area contributed by atoms with Gasteiger partial charge in [0.05, 0.1) is 5.60 Å². The van der Waals surface area contributed by atoms with Gasteiger partial charge in [0.2, 0.25) is 0 Å². The predicted octanol–water partition coefficient (Wildman–Crippen LogP) is 2.34. The zero-order valence-corrected chi connectivity index (χ0v) is 7.63. The summed E-state index contributed by atoms with van der Waals surface area (Å²) in [7, 11) is 0. The Balaban J connectivity index is 1.95. The van der Waals surface area contributed by atoms with Crippen LogP contribution in [0.1, 0.15) is 44.9 Å². The summed E-state index contributed by atoms with van der Waals surface area (Å²) in [6.45, 7) is 0. The van der Waals surface area contributed by atoms with Crippen LogP contribution >= 0.6 is 0 Å². The molecule has 3 aliphatic carbocycles. The largest absolute Gasteiger partial charge is 0.390 e. The fourth-order valence-electron chi connectivity index (χ4n) is 4.26. The van der Waals surface area contributed by atoms with Gasteiger partial charge in [0.25, 0.3) is 0 Å². The number of aliphatic hydroxyl groups is 1. The van der Waals surface area contributed by atoms with Crippen molar-refractivity contribution >= 4 is 0 Å². The van der Waals surface area contributed by atoms with Gasteiger partial charge in [-0.2, -0.15) is 0 Å². The molecule has 0 bridgehead atoms. The second-order valence-corrected chi connectivity index (χ2v) is 5.16. The Bertz CT molecular complexity index is 195. The van der Waals surface area contributed by atoms with E-state index >= 15 is 0 Å². The Kier molecular flexibility index (Phi) is 1.39. The fourth-order valence-corrected chi connectivity index (χ4v) is 4.26. The van der Waals surface area contributed by atoms with E-state index in [0.717, 1.165) is 24.7 Å². The van der Waals surface area contributed by atoms with Gasteiger partial charge >= 0.3 is 0 Å². The molecule has 1 nitrogen and oxygen atoms in total. The maximum Gasteiger partial charge on any atom is 0.0681 e. The second-order valence-electron chi connectivity index (χ2n) is 5.16. The Labute approximate surface area is 74.2 Å². The summed E-state index contributed by atoms with van der Waals surface area (Å²) in [6.07, 6.45) is 9.05. The van der Waals surface area contributed by atoms with Crippen LogP contribution in [0.3, 0.4) is 0 Å². The molecule has 0 spiro atoms. The zero-order chi connectivity index (χ0) is 8.18. The minimum atomic E-state index is -0.204. The molecule has 12 heavy (non-hydrogen) atoms. The summed E-state index contributed by atoms with van der Waals surface area (Å²) in [5.74, 6) is 2.52. The van der Waals surface area contributed by atoms with Gasteiger partial charge in [-0.15, -0.1) is 0 Å². The quantitative estimate of drug-likeness (QED) is 0.585. The molecule has 0 heterocycles. The first-order valence-corrected chi connectivity index (χ1v) is 5.52. The summed E-state index contributed by atoms with van der Waals surface area (Å²) in [6, 6.07) is 0. The molecule has 3 aliphatic rings. The van der Waals surface area contributed by atoms with Gasteiger partial charge in [-0.1, -0.05) is 6.42 Å². The highest BCUT2D eigenvalue weighted by molar-refractivity contribution is 5.05. The van der Waals surface area contributed by atoms with E-state index in [4.69, 9.17) is 0 Å². The van der Waals surface area contributed by atoms with Gasteiger partial charge < -0.3 is 5.11 Å². The molecule has 0 aliphatic heterocycles. The van der Waals surface area contributed by atoms with Crippen LogP contribution in [0.15, 0.2) is 0 Å². The normalized spacial score (nSPS) is 57.2. The van der Waals surface area contributed by atoms with E-state index < -0.39 is 0 Å². The SMILES string of the molecule is O[C@]12CCC[C@H]3CC[C@H](CC1)[C@H]32. The molecule has 4 atom stereocenters. The Morgan fingerprint density at radius 1 is 0.917 bits per heavy atom. The lowest BCUT2D eigenvalue weighted by Crippen LogP contribution is -2.40. The molecular formula is C11H18O. The van der Waals surface area contributed by atoms with Gasteiger partial charge in [-0.3, -0.25) is 0 Å². The summed E-state index contributed by atoms with van der Waals surface area (Å²) in [5, 5.41) is 10.4. The average molecular weight is 166 g/mol. The van der Waals surface area contributed by atoms with Gasteiger partial charge in [-0.25, -0.2) is 0 Å². The van der Waals surface area contributed by atoms with E-state index in [1.807, 2.05) is 0 Å². The lowest BCUT2D eigenvalue weighted by atomic mass is 9.72. The first-order chi connectivity index (χ1) is 5.80. The molecule has 0 radical (unpaired) electrons. The third-order valence-corrected chi connectivity index (χ3v) is 4.68. The van der Waals surface area contributed by atoms with Crippen molar-refractivity contribution < 1.29 is 5.11 Å². The molecule has 3 rings (SSSR count). The van der Waals surface area contributed by atoms with Crippen molar-refractivity contribution in [2.45, 2.75) is 50.5 Å². The maximum atomic E-state index is 10.4. The summed E-state index contributed by atoms with van der Waals surface area (Å²) in [5.41, 5.74) is -0.204. The van der Waals surface area contributed by atoms with Crippen molar-refractivity contribution in [2.75, 3.05) is 0 Å². The predicted molar refractivity (Wildman–Crippen MR) is 47.7 cm³/mol. The summed E-state index contributed by atoms with van der Waals surface area (Å²) in [4.78, 5) is 0. The molecule has 1 heteroatoms. The minimum absolute atomic E-state index is 0.204. The van der Waals surface area contributed by atoms with Crippen molar-refractivity contribution in [3.63, 3.8) is 0 Å². The molecule has 3 saturated carbocycles. The Hall–Kier alpha value is -0.0400. The van der Waals surface area contributed by atoms with Crippen molar-refractivity contribution in [1.82, 2.24) is 0 Å². The molecule has 0 aromatic rings. The van der Waals surface area contributed by atoms with Gasteiger partial charge in [-0.05, 0) is 56.3 Å². The van der Waals surface area contributed by atoms with Crippen LogP contribution in [-0.2, 0) is 0 Å². The van der Waals surface area contributed by atoms with Gasteiger partial charge in [0.1, 0.15) is 0 Å². The van der Waals surface area contributed by atoms with Crippen molar-refractivity contribution in [3.05, 3.63) is 0 Å². The maximum absolute atomic E-state index is 10.4. The van der Waals surface area contributed by atoms with Crippen LogP contribution < -0.4 is 0 Å². The smallest absolute Gasteiger partial charge is 0.0681 e. The van der Waals surface area contributed by atoms with E-state index in [-0.39, 0.29) is 5.60 Å². The summed E-state index contributed by atoms with van der Waals surface area (Å²) < 4.78 is 0. The van der Waals surface area contributed by atoms with E-state index in [0.29, 0.717) is 5.92 Å². The van der Waals surface area contributed by atoms with Crippen LogP contribution in [0.2, 0.25) is 0 Å². The van der Waals surface area contributed by atoms with Crippen LogP contribution in [-0.4, -0.2) is 10.7 Å². The van der Waals surface area contributed by atoms with Gasteiger partial charge in [0.15, 0.2) is 0 Å². The molecule has 0 aromatic heterocycles. The highest BCUT2D eigenvalue weighted by Gasteiger charge is 2.54. The first kappa shape index (κ1) is 7.37. The summed E-state index contributed by atoms with van der Waals surface area (Å²) >= 11 is 0. The molecule has 1 N–H and O–H groups in total. The number of rotatable bonds is 0. The minimum Gasteiger partial charge on any atom is -0.390 e. The first-order valence-electron chi connectivity index (χ1n) is 5.52. The molecule has 0 saturated heterocycles. The monoisotopic (exact) mass is 166 g/mol. The highest BCUT2D eigenvalue weighted by Crippen LogP contribution is 2.58. The third-order valence-electron chi connectivity index (χ3n) is 4.68. The van der Waals surface area contributed by atoms with Gasteiger partial charge in [0, 0.05) is 0 Å². The molecular weight excluding hydrogens is 148 g/mol. The van der Waals surface area contributed by atoms with E-state index in [1.54, 1.807) is 0 Å². The van der Waals surface area contributed by atoms with Crippen LogP contribution in [0, 0.1) is 17.8 Å². The van der Waals surface area contributed by atoms with Crippen LogP contribution in [0.4, 0.5) is 0 Å². The standard InChI is InChI=1S/C11H18O/c12-11-6-1-2-8-3-4-9(5-7-11)10(8)11/h8-10,12H,1-7H2/t8-,9+,10-,11+/m0/s1. The molecule has 68 valence electrons. The lowest BCUT2D eigenvalue weighted by Gasteiger charge is -2.38. The molecule has 3 fully saturated rings. The van der Waals surface area contributed by atoms with E-state index in [2.05, 4.69) is 0 Å². The average Bonchev–Trinajstić information content (AvgIpc) is 2.59. The zero-order valence-electron chi connectivity index (χ0n) is 7.63. The van der Waals surface area contributed by atoms with E-state index in [9.17, 15) is 5.11 Å². The third kappa shape index (κ3) is 0.783. The lowest BCUT2D eigenvalue weighted by molar-refractivity contribution is -0.0506. The topological polar surface area (TPSA) is 20.2 Å². The van der Waals surface area contributed by atoms with E-state index in [1.165, 1.54) is 32.1 Å².